The first-order valence-electron chi connectivity index (χ1n) is 7.81. The van der Waals surface area contributed by atoms with E-state index in [1.165, 1.54) is 4.90 Å². The second kappa shape index (κ2) is 8.47. The van der Waals surface area contributed by atoms with E-state index < -0.39 is 47.6 Å². The molecule has 9 N–H and O–H groups in total. The van der Waals surface area contributed by atoms with E-state index in [9.17, 15) is 28.3 Å². The molecule has 0 aromatic carbocycles. The molecule has 0 spiro atoms. The number of nitrogens with one attached hydrogen (secondary N) is 2. The van der Waals surface area contributed by atoms with Crippen LogP contribution in [0.25, 0.3) is 0 Å². The first-order valence-corrected chi connectivity index (χ1v) is 12.3. The van der Waals surface area contributed by atoms with Crippen LogP contribution in [0.15, 0.2) is 4.79 Å². The Bertz CT molecular complexity index is 1040. The van der Waals surface area contributed by atoms with Crippen LogP contribution in [0, 0.1) is 0 Å². The lowest BCUT2D eigenvalue weighted by Gasteiger charge is -2.26. The van der Waals surface area contributed by atoms with Crippen LogP contribution in [-0.2, 0) is 31.8 Å². The summed E-state index contributed by atoms with van der Waals surface area (Å²) in [5.41, 5.74) is 5.84. The molecular weight excluding hydrogens is 495 g/mol. The minimum atomic E-state index is -5.78. The van der Waals surface area contributed by atoms with Crippen LogP contribution in [0.5, 0.6) is 0 Å². The monoisotopic (exact) mass is 511 g/mol. The number of hydrogen-bond donors (Lipinski definition) is 8. The highest BCUT2D eigenvalue weighted by Crippen LogP contribution is 2.66. The summed E-state index contributed by atoms with van der Waals surface area (Å²) in [7, 11) is -17.0. The fraction of sp³-hybridized carbons (Fsp3) is 0.500. The Hall–Kier alpha value is -1.47. The van der Waals surface area contributed by atoms with Gasteiger partial charge in [0.15, 0.2) is 17.7 Å². The van der Waals surface area contributed by atoms with Gasteiger partial charge >= 0.3 is 23.5 Å². The third kappa shape index (κ3) is 5.86. The molecule has 31 heavy (non-hydrogen) atoms. The average molecular weight is 511 g/mol. The number of hydrazine groups is 1. The van der Waals surface area contributed by atoms with Crippen molar-refractivity contribution in [2.24, 2.45) is 0 Å². The summed E-state index contributed by atoms with van der Waals surface area (Å²) in [4.78, 5) is 61.0. The largest absolute Gasteiger partial charge is 0.502 e. The molecule has 176 valence electrons. The zero-order valence-corrected chi connectivity index (χ0v) is 17.6. The quantitative estimate of drug-likeness (QED) is 0.139. The molecule has 3 rings (SSSR count). The number of hydrogen-bond acceptors (Lipinski definition) is 15. The van der Waals surface area contributed by atoms with Crippen LogP contribution in [0.2, 0.25) is 0 Å². The van der Waals surface area contributed by atoms with Gasteiger partial charge in [-0.25, -0.2) is 18.8 Å². The van der Waals surface area contributed by atoms with Crippen molar-refractivity contribution in [3.63, 3.8) is 0 Å². The molecule has 0 radical (unpaired) electrons. The molecule has 3 heterocycles. The number of hydroxylamine groups is 2. The molecule has 23 heteroatoms. The zero-order chi connectivity index (χ0) is 23.2. The van der Waals surface area contributed by atoms with Gasteiger partial charge in [-0.15, -0.1) is 5.59 Å². The molecular formula is C8H16N7O13P3. The Labute approximate surface area is 171 Å². The topological polar surface area (TPSA) is 283 Å². The van der Waals surface area contributed by atoms with Crippen LogP contribution >= 0.6 is 23.5 Å². The highest BCUT2D eigenvalue weighted by Gasteiger charge is 2.46. The summed E-state index contributed by atoms with van der Waals surface area (Å²) >= 11 is 0. The number of nitrogens with two attached hydrogens (primary N) is 1. The molecule has 0 aliphatic carbocycles. The van der Waals surface area contributed by atoms with Gasteiger partial charge in [0, 0.05) is 13.0 Å². The van der Waals surface area contributed by atoms with Crippen molar-refractivity contribution in [1.82, 2.24) is 20.7 Å². The fourth-order valence-electron chi connectivity index (χ4n) is 2.65. The highest BCUT2D eigenvalue weighted by atomic mass is 31.3. The van der Waals surface area contributed by atoms with Gasteiger partial charge in [-0.05, 0) is 0 Å². The van der Waals surface area contributed by atoms with E-state index >= 15 is 0 Å². The number of fused-ring (bicyclic) bond motifs is 1. The number of H-pyrrole nitrogens is 1. The lowest BCUT2D eigenvalue weighted by Crippen LogP contribution is -2.41. The maximum absolute atomic E-state index is 12.3. The lowest BCUT2D eigenvalue weighted by molar-refractivity contribution is -0.242. The molecule has 20 nitrogen and oxygen atoms in total. The van der Waals surface area contributed by atoms with Crippen molar-refractivity contribution in [2.75, 3.05) is 28.9 Å². The summed E-state index contributed by atoms with van der Waals surface area (Å²) < 4.78 is 46.2. The van der Waals surface area contributed by atoms with Crippen LogP contribution in [-0.4, -0.2) is 59.4 Å². The molecule has 1 aromatic rings. The Morgan fingerprint density at radius 2 is 1.87 bits per heavy atom. The Balaban J connectivity index is 1.86. The van der Waals surface area contributed by atoms with Crippen molar-refractivity contribution in [2.45, 2.75) is 12.6 Å². The SMILES string of the molecule is Nc1nc2c(c(=O)[nH]1)N(OP(=O)(O)OP(=O)(O)OP(=O)(O)O)CN2[C@H]1CCN(NO)O1. The minimum absolute atomic E-state index is 0.176. The summed E-state index contributed by atoms with van der Waals surface area (Å²) in [6, 6.07) is 0. The molecule has 2 aliphatic heterocycles. The second-order valence-corrected chi connectivity index (χ2v) is 10.2. The lowest BCUT2D eigenvalue weighted by atomic mass is 10.3. The van der Waals surface area contributed by atoms with E-state index in [0.29, 0.717) is 5.06 Å². The normalized spacial score (nSPS) is 23.6. The molecule has 0 saturated carbocycles. The molecule has 3 atom stereocenters. The van der Waals surface area contributed by atoms with Crippen LogP contribution in [0.4, 0.5) is 17.5 Å². The van der Waals surface area contributed by atoms with Gasteiger partial charge in [-0.3, -0.25) is 19.8 Å². The number of rotatable bonds is 8. The van der Waals surface area contributed by atoms with E-state index in [1.54, 1.807) is 5.59 Å². The third-order valence-corrected chi connectivity index (χ3v) is 7.33. The predicted octanol–water partition coefficient (Wildman–Crippen LogP) is -1.95. The van der Waals surface area contributed by atoms with Gasteiger partial charge < -0.3 is 30.2 Å². The fourth-order valence-corrected chi connectivity index (χ4v) is 5.66. The van der Waals surface area contributed by atoms with E-state index in [4.69, 9.17) is 25.6 Å². The number of aromatic nitrogens is 2. The van der Waals surface area contributed by atoms with E-state index in [1.807, 2.05) is 0 Å². The van der Waals surface area contributed by atoms with Crippen molar-refractivity contribution >= 4 is 40.9 Å². The Kier molecular flexibility index (Phi) is 6.61. The second-order valence-electron chi connectivity index (χ2n) is 5.84. The molecule has 0 bridgehead atoms. The zero-order valence-electron chi connectivity index (χ0n) is 14.9. The van der Waals surface area contributed by atoms with E-state index in [2.05, 4.69) is 23.2 Å². The summed E-state index contributed by atoms with van der Waals surface area (Å²) in [6.07, 6.45) is -0.633. The van der Waals surface area contributed by atoms with Crippen LogP contribution in [0.3, 0.4) is 0 Å². The Morgan fingerprint density at radius 1 is 1.19 bits per heavy atom. The molecule has 0 amide bonds. The molecule has 1 fully saturated rings. The maximum Gasteiger partial charge on any atom is 0.502 e. The van der Waals surface area contributed by atoms with Crippen molar-refractivity contribution in [3.8, 4) is 0 Å². The number of phosphoric acid groups is 3. The first kappa shape index (κ1) is 24.2. The summed E-state index contributed by atoms with van der Waals surface area (Å²) in [5.74, 6) is -0.506. The van der Waals surface area contributed by atoms with E-state index in [-0.39, 0.29) is 24.7 Å². The minimum Gasteiger partial charge on any atom is -0.369 e. The van der Waals surface area contributed by atoms with Crippen molar-refractivity contribution in [1.29, 1.82) is 0 Å². The highest BCUT2D eigenvalue weighted by molar-refractivity contribution is 7.66. The van der Waals surface area contributed by atoms with Crippen molar-refractivity contribution in [3.05, 3.63) is 10.4 Å². The van der Waals surface area contributed by atoms with E-state index in [0.717, 1.165) is 5.17 Å². The number of aromatic amines is 1. The Morgan fingerprint density at radius 3 is 2.45 bits per heavy atom. The molecule has 1 aromatic heterocycles. The summed E-state index contributed by atoms with van der Waals surface area (Å²) in [6.45, 7) is -0.344. The first-order chi connectivity index (χ1) is 14.2. The predicted molar refractivity (Wildman–Crippen MR) is 95.2 cm³/mol. The van der Waals surface area contributed by atoms with Gasteiger partial charge in [-0.2, -0.15) is 18.2 Å². The molecule has 2 aliphatic rings. The standard InChI is InChI=1S/C8H16N7O13P3/c9-8-10-6-5(7(16)11-8)14(3-13(6)4-1-2-15(12-17)25-4)26-30(21,22)28-31(23,24)27-29(18,19)20/h4,12,17H,1-3H2,(H,21,22)(H,23,24)(H2,18,19,20)(H3,9,10,11,16)/t4-/m1/s1. The summed E-state index contributed by atoms with van der Waals surface area (Å²) in [5, 5.41) is 10.3. The van der Waals surface area contributed by atoms with Crippen LogP contribution < -0.4 is 26.8 Å². The van der Waals surface area contributed by atoms with Gasteiger partial charge in [0.1, 0.15) is 6.67 Å². The maximum atomic E-state index is 12.3. The number of nitrogen functional groups attached to an aromatic ring is 1. The van der Waals surface area contributed by atoms with Crippen LogP contribution in [0.1, 0.15) is 6.42 Å². The molecule has 1 saturated heterocycles. The smallest absolute Gasteiger partial charge is 0.369 e. The van der Waals surface area contributed by atoms with Gasteiger partial charge in [0.2, 0.25) is 5.95 Å². The third-order valence-electron chi connectivity index (χ3n) is 3.60. The molecule has 2 unspecified atom stereocenters. The average Bonchev–Trinajstić information content (AvgIpc) is 3.15. The van der Waals surface area contributed by atoms with Gasteiger partial charge in [0.25, 0.3) is 5.56 Å². The number of anilines is 3. The van der Waals surface area contributed by atoms with Gasteiger partial charge in [-0.1, -0.05) is 5.17 Å². The number of nitrogens with zero attached hydrogens (tertiary/aromatic N) is 4. The van der Waals surface area contributed by atoms with Gasteiger partial charge in [0.05, 0.1) is 0 Å². The van der Waals surface area contributed by atoms with Crippen molar-refractivity contribution < 1.29 is 56.6 Å².